The molecule has 0 saturated carbocycles. The number of nitrogens with one attached hydrogen (secondary N) is 1. The monoisotopic (exact) mass is 386 g/mol. The van der Waals surface area contributed by atoms with Gasteiger partial charge in [-0.3, -0.25) is 9.59 Å². The number of amides is 2. The number of benzene rings is 2. The minimum absolute atomic E-state index is 0.0377. The average molecular weight is 387 g/mol. The molecule has 1 aliphatic heterocycles. The van der Waals surface area contributed by atoms with Crippen molar-refractivity contribution in [2.45, 2.75) is 26.3 Å². The molecule has 0 spiro atoms. The number of halogens is 1. The molecule has 0 unspecified atom stereocenters. The minimum Gasteiger partial charge on any atom is -0.347 e. The van der Waals surface area contributed by atoms with Crippen molar-refractivity contribution in [3.05, 3.63) is 63.6 Å². The van der Waals surface area contributed by atoms with Crippen LogP contribution >= 0.6 is 15.9 Å². The maximum absolute atomic E-state index is 12.4. The van der Waals surface area contributed by atoms with Gasteiger partial charge in [-0.2, -0.15) is 0 Å². The van der Waals surface area contributed by atoms with E-state index in [1.165, 1.54) is 5.56 Å². The Morgan fingerprint density at radius 3 is 2.62 bits per heavy atom. The number of aryl methyl sites for hydroxylation is 2. The molecule has 3 rings (SSSR count). The topological polar surface area (TPSA) is 49.4 Å². The van der Waals surface area contributed by atoms with E-state index < -0.39 is 0 Å². The van der Waals surface area contributed by atoms with Gasteiger partial charge < -0.3 is 10.2 Å². The Bertz CT molecular complexity index is 804. The van der Waals surface area contributed by atoms with Crippen LogP contribution in [-0.4, -0.2) is 24.4 Å². The highest BCUT2D eigenvalue weighted by molar-refractivity contribution is 9.10. The average Bonchev–Trinajstić information content (AvgIpc) is 2.91. The summed E-state index contributed by atoms with van der Waals surface area (Å²) in [6, 6.07) is 13.1. The molecule has 124 valence electrons. The molecule has 1 N–H and O–H groups in total. The van der Waals surface area contributed by atoms with Gasteiger partial charge in [0.1, 0.15) is 0 Å². The lowest BCUT2D eigenvalue weighted by Gasteiger charge is -2.18. The molecule has 0 aliphatic carbocycles. The predicted octanol–water partition coefficient (Wildman–Crippen LogP) is 3.60. The SMILES string of the molecule is Cc1ccc(N2C[C@H](NC(=O)c3ccccc3Br)CC2=O)cc1C. The molecule has 0 aromatic heterocycles. The molecule has 1 heterocycles. The molecule has 1 atom stereocenters. The van der Waals surface area contributed by atoms with Crippen molar-refractivity contribution in [1.29, 1.82) is 0 Å². The number of carbonyl (C=O) groups excluding carboxylic acids is 2. The van der Waals surface area contributed by atoms with Gasteiger partial charge in [0.15, 0.2) is 0 Å². The second-order valence-electron chi connectivity index (χ2n) is 6.13. The van der Waals surface area contributed by atoms with Crippen molar-refractivity contribution < 1.29 is 9.59 Å². The standard InChI is InChI=1S/C19H19BrN2O2/c1-12-7-8-15(9-13(12)2)22-11-14(10-18(22)23)21-19(24)16-5-3-4-6-17(16)20/h3-9,14H,10-11H2,1-2H3,(H,21,24)/t14-/m1/s1. The van der Waals surface area contributed by atoms with Gasteiger partial charge in [0, 0.05) is 23.1 Å². The zero-order chi connectivity index (χ0) is 17.3. The third-order valence-corrected chi connectivity index (χ3v) is 5.07. The number of anilines is 1. The van der Waals surface area contributed by atoms with Gasteiger partial charge in [-0.05, 0) is 65.2 Å². The fraction of sp³-hybridized carbons (Fsp3) is 0.263. The minimum atomic E-state index is -0.182. The summed E-state index contributed by atoms with van der Waals surface area (Å²) in [7, 11) is 0. The lowest BCUT2D eigenvalue weighted by atomic mass is 10.1. The lowest BCUT2D eigenvalue weighted by Crippen LogP contribution is -2.37. The van der Waals surface area contributed by atoms with Gasteiger partial charge in [-0.15, -0.1) is 0 Å². The highest BCUT2D eigenvalue weighted by Crippen LogP contribution is 2.24. The molecule has 0 radical (unpaired) electrons. The first-order valence-corrected chi connectivity index (χ1v) is 8.68. The fourth-order valence-corrected chi connectivity index (χ4v) is 3.32. The second kappa shape index (κ2) is 6.77. The summed E-state index contributed by atoms with van der Waals surface area (Å²) >= 11 is 3.38. The zero-order valence-electron chi connectivity index (χ0n) is 13.7. The van der Waals surface area contributed by atoms with Gasteiger partial charge in [-0.25, -0.2) is 0 Å². The van der Waals surface area contributed by atoms with Crippen molar-refractivity contribution in [2.24, 2.45) is 0 Å². The lowest BCUT2D eigenvalue weighted by molar-refractivity contribution is -0.117. The van der Waals surface area contributed by atoms with Gasteiger partial charge >= 0.3 is 0 Å². The summed E-state index contributed by atoms with van der Waals surface area (Å²) in [5.41, 5.74) is 3.82. The fourth-order valence-electron chi connectivity index (χ4n) is 2.86. The molecule has 4 nitrogen and oxygen atoms in total. The molecule has 0 bridgehead atoms. The molecule has 24 heavy (non-hydrogen) atoms. The van der Waals surface area contributed by atoms with Crippen molar-refractivity contribution >= 4 is 33.4 Å². The molecule has 2 aromatic carbocycles. The van der Waals surface area contributed by atoms with Crippen LogP contribution in [0.5, 0.6) is 0 Å². The number of hydrogen-bond acceptors (Lipinski definition) is 2. The van der Waals surface area contributed by atoms with Crippen LogP contribution in [0.4, 0.5) is 5.69 Å². The van der Waals surface area contributed by atoms with Gasteiger partial charge in [0.2, 0.25) is 5.91 Å². The Morgan fingerprint density at radius 1 is 1.17 bits per heavy atom. The molecular formula is C19H19BrN2O2. The van der Waals surface area contributed by atoms with Gasteiger partial charge in [-0.1, -0.05) is 18.2 Å². The van der Waals surface area contributed by atoms with Crippen LogP contribution in [0.25, 0.3) is 0 Å². The molecule has 2 aromatic rings. The first-order valence-electron chi connectivity index (χ1n) is 7.88. The smallest absolute Gasteiger partial charge is 0.252 e. The Labute approximate surface area is 150 Å². The van der Waals surface area contributed by atoms with E-state index in [0.29, 0.717) is 18.5 Å². The summed E-state index contributed by atoms with van der Waals surface area (Å²) in [5.74, 6) is -0.127. The van der Waals surface area contributed by atoms with Crippen LogP contribution in [0.15, 0.2) is 46.9 Å². The molecule has 1 aliphatic rings. The highest BCUT2D eigenvalue weighted by atomic mass is 79.9. The van der Waals surface area contributed by atoms with Crippen LogP contribution in [0.1, 0.15) is 27.9 Å². The largest absolute Gasteiger partial charge is 0.347 e. The first kappa shape index (κ1) is 16.7. The summed E-state index contributed by atoms with van der Waals surface area (Å²) in [5, 5.41) is 2.96. The normalized spacial score (nSPS) is 17.2. The van der Waals surface area contributed by atoms with E-state index in [4.69, 9.17) is 0 Å². The van der Waals surface area contributed by atoms with Gasteiger partial charge in [0.05, 0.1) is 11.6 Å². The predicted molar refractivity (Wildman–Crippen MR) is 98.3 cm³/mol. The summed E-state index contributed by atoms with van der Waals surface area (Å²) < 4.78 is 0.748. The van der Waals surface area contributed by atoms with Crippen LogP contribution in [0, 0.1) is 13.8 Å². The second-order valence-corrected chi connectivity index (χ2v) is 6.98. The van der Waals surface area contributed by atoms with Crippen LogP contribution in [0.3, 0.4) is 0 Å². The van der Waals surface area contributed by atoms with E-state index in [0.717, 1.165) is 15.7 Å². The van der Waals surface area contributed by atoms with Crippen LogP contribution in [0.2, 0.25) is 0 Å². The maximum Gasteiger partial charge on any atom is 0.252 e. The summed E-state index contributed by atoms with van der Waals surface area (Å²) in [6.07, 6.45) is 0.323. The zero-order valence-corrected chi connectivity index (χ0v) is 15.3. The highest BCUT2D eigenvalue weighted by Gasteiger charge is 2.32. The molecule has 5 heteroatoms. The molecular weight excluding hydrogens is 368 g/mol. The Hall–Kier alpha value is -2.14. The van der Waals surface area contributed by atoms with E-state index in [-0.39, 0.29) is 17.9 Å². The van der Waals surface area contributed by atoms with Crippen molar-refractivity contribution in [3.8, 4) is 0 Å². The molecule has 1 saturated heterocycles. The molecule has 2 amide bonds. The third kappa shape index (κ3) is 3.36. The van der Waals surface area contributed by atoms with E-state index in [2.05, 4.69) is 21.2 Å². The quantitative estimate of drug-likeness (QED) is 0.875. The van der Waals surface area contributed by atoms with E-state index >= 15 is 0 Å². The van der Waals surface area contributed by atoms with E-state index in [9.17, 15) is 9.59 Å². The molecule has 1 fully saturated rings. The number of nitrogens with zero attached hydrogens (tertiary/aromatic N) is 1. The summed E-state index contributed by atoms with van der Waals surface area (Å²) in [4.78, 5) is 26.5. The Morgan fingerprint density at radius 2 is 1.92 bits per heavy atom. The number of hydrogen-bond donors (Lipinski definition) is 1. The van der Waals surface area contributed by atoms with Crippen molar-refractivity contribution in [3.63, 3.8) is 0 Å². The number of rotatable bonds is 3. The van der Waals surface area contributed by atoms with E-state index in [1.807, 2.05) is 50.2 Å². The number of carbonyl (C=O) groups is 2. The Kier molecular flexibility index (Phi) is 4.71. The summed E-state index contributed by atoms with van der Waals surface area (Å²) in [6.45, 7) is 4.58. The third-order valence-electron chi connectivity index (χ3n) is 4.38. The van der Waals surface area contributed by atoms with Crippen molar-refractivity contribution in [1.82, 2.24) is 5.32 Å². The maximum atomic E-state index is 12.4. The Balaban J connectivity index is 1.72. The van der Waals surface area contributed by atoms with Crippen LogP contribution < -0.4 is 10.2 Å². The van der Waals surface area contributed by atoms with E-state index in [1.54, 1.807) is 11.0 Å². The van der Waals surface area contributed by atoms with Gasteiger partial charge in [0.25, 0.3) is 5.91 Å². The van der Waals surface area contributed by atoms with Crippen molar-refractivity contribution in [2.75, 3.05) is 11.4 Å². The first-order chi connectivity index (χ1) is 11.5. The van der Waals surface area contributed by atoms with Crippen LogP contribution in [-0.2, 0) is 4.79 Å².